The zero-order valence-electron chi connectivity index (χ0n) is 20.4. The first-order valence-corrected chi connectivity index (χ1v) is 12.3. The first kappa shape index (κ1) is 28.3. The van der Waals surface area contributed by atoms with Crippen LogP contribution < -0.4 is 27.8 Å². The number of nitrogens with two attached hydrogens (primary N) is 3. The van der Waals surface area contributed by atoms with Gasteiger partial charge < -0.3 is 27.8 Å². The van der Waals surface area contributed by atoms with Crippen molar-refractivity contribution in [2.24, 2.45) is 28.5 Å². The van der Waals surface area contributed by atoms with Gasteiger partial charge in [-0.2, -0.15) is 0 Å². The highest BCUT2D eigenvalue weighted by Crippen LogP contribution is 2.51. The number of rotatable bonds is 11. The summed E-state index contributed by atoms with van der Waals surface area (Å²) in [6, 6.07) is 4.86. The van der Waals surface area contributed by atoms with Gasteiger partial charge in [-0.1, -0.05) is 44.7 Å². The monoisotopic (exact) mass is 507 g/mol. The minimum Gasteiger partial charge on any atom is -0.369 e. The lowest BCUT2D eigenvalue weighted by Crippen LogP contribution is -2.54. The molecule has 1 aromatic carbocycles. The van der Waals surface area contributed by atoms with E-state index in [4.69, 9.17) is 17.2 Å². The van der Waals surface area contributed by atoms with E-state index in [-0.39, 0.29) is 29.7 Å². The standard InChI is InChI=1S/C24H34FN5O4S/c1-5-16(14-6-8-15(25)9-7-14)20(32)30-23-24(22(28)34,13(4)18(35-23)19(27)31)10-11-29-21(33)17(26)12(2)3/h6-9,12,16-17,23H,5,10-11,26H2,1-4H3,(H2,27,31)(H2,28,34)(H,29,33)(H,30,32)/t16?,17-,23?,24?/m0/s1. The van der Waals surface area contributed by atoms with Crippen molar-refractivity contribution in [1.29, 1.82) is 0 Å². The van der Waals surface area contributed by atoms with Gasteiger partial charge in [0.1, 0.15) is 11.2 Å². The second-order valence-electron chi connectivity index (χ2n) is 8.98. The molecule has 0 saturated carbocycles. The van der Waals surface area contributed by atoms with Crippen molar-refractivity contribution in [2.75, 3.05) is 6.54 Å². The lowest BCUT2D eigenvalue weighted by atomic mass is 9.76. The fraction of sp³-hybridized carbons (Fsp3) is 0.500. The zero-order valence-corrected chi connectivity index (χ0v) is 21.2. The summed E-state index contributed by atoms with van der Waals surface area (Å²) in [5.74, 6) is -3.43. The molecule has 1 aromatic rings. The molecule has 0 fully saturated rings. The van der Waals surface area contributed by atoms with E-state index in [1.165, 1.54) is 24.3 Å². The summed E-state index contributed by atoms with van der Waals surface area (Å²) in [5, 5.41) is 4.63. The first-order valence-electron chi connectivity index (χ1n) is 11.4. The van der Waals surface area contributed by atoms with Crippen LogP contribution in [0, 0.1) is 17.2 Å². The maximum atomic E-state index is 13.4. The van der Waals surface area contributed by atoms with E-state index in [2.05, 4.69) is 10.6 Å². The summed E-state index contributed by atoms with van der Waals surface area (Å²) in [6.07, 6.45) is 0.434. The maximum Gasteiger partial charge on any atom is 0.255 e. The van der Waals surface area contributed by atoms with Crippen molar-refractivity contribution < 1.29 is 23.6 Å². The molecule has 0 bridgehead atoms. The lowest BCUT2D eigenvalue weighted by Gasteiger charge is -2.35. The molecule has 0 spiro atoms. The number of nitrogens with one attached hydrogen (secondary N) is 2. The molecular formula is C24H34FN5O4S. The minimum absolute atomic E-state index is 0.0206. The van der Waals surface area contributed by atoms with E-state index in [0.29, 0.717) is 17.6 Å². The third-order valence-electron chi connectivity index (χ3n) is 6.47. The third kappa shape index (κ3) is 6.02. The number of thioether (sulfide) groups is 1. The molecule has 0 radical (unpaired) electrons. The number of carbonyl (C=O) groups excluding carboxylic acids is 4. The molecule has 1 aliphatic rings. The quantitative estimate of drug-likeness (QED) is 0.301. The van der Waals surface area contributed by atoms with E-state index in [1.807, 2.05) is 20.8 Å². The molecular weight excluding hydrogens is 473 g/mol. The average Bonchev–Trinajstić information content (AvgIpc) is 3.07. The summed E-state index contributed by atoms with van der Waals surface area (Å²) in [7, 11) is 0. The molecule has 192 valence electrons. The summed E-state index contributed by atoms with van der Waals surface area (Å²) in [5.41, 5.74) is 16.7. The highest BCUT2D eigenvalue weighted by molar-refractivity contribution is 8.05. The number of amides is 4. The second kappa shape index (κ2) is 11.7. The van der Waals surface area contributed by atoms with Crippen molar-refractivity contribution in [3.63, 3.8) is 0 Å². The summed E-state index contributed by atoms with van der Waals surface area (Å²) in [6.45, 7) is 7.04. The van der Waals surface area contributed by atoms with Gasteiger partial charge >= 0.3 is 0 Å². The molecule has 0 aliphatic carbocycles. The molecule has 1 heterocycles. The summed E-state index contributed by atoms with van der Waals surface area (Å²) in [4.78, 5) is 50.7. The van der Waals surface area contributed by atoms with Crippen LogP contribution >= 0.6 is 11.8 Å². The number of halogens is 1. The Bertz CT molecular complexity index is 1010. The molecule has 3 unspecified atom stereocenters. The van der Waals surface area contributed by atoms with Gasteiger partial charge in [-0.15, -0.1) is 0 Å². The molecule has 0 aromatic heterocycles. The molecule has 4 atom stereocenters. The Hall–Kier alpha value is -2.92. The Morgan fingerprint density at radius 2 is 1.71 bits per heavy atom. The smallest absolute Gasteiger partial charge is 0.255 e. The first-order chi connectivity index (χ1) is 16.4. The Morgan fingerprint density at radius 3 is 2.20 bits per heavy atom. The highest BCUT2D eigenvalue weighted by Gasteiger charge is 2.53. The van der Waals surface area contributed by atoms with E-state index in [0.717, 1.165) is 11.8 Å². The van der Waals surface area contributed by atoms with Crippen LogP contribution in [0.3, 0.4) is 0 Å². The van der Waals surface area contributed by atoms with Crippen molar-refractivity contribution >= 4 is 35.4 Å². The van der Waals surface area contributed by atoms with Gasteiger partial charge in [0, 0.05) is 6.54 Å². The number of benzene rings is 1. The zero-order chi connectivity index (χ0) is 26.5. The number of carbonyl (C=O) groups is 4. The van der Waals surface area contributed by atoms with Crippen LogP contribution in [-0.4, -0.2) is 41.6 Å². The fourth-order valence-corrected chi connectivity index (χ4v) is 5.66. The minimum atomic E-state index is -1.47. The maximum absolute atomic E-state index is 13.4. The van der Waals surface area contributed by atoms with Gasteiger partial charge in [0.15, 0.2) is 0 Å². The van der Waals surface area contributed by atoms with Gasteiger partial charge in [-0.3, -0.25) is 19.2 Å². The van der Waals surface area contributed by atoms with Crippen molar-refractivity contribution in [3.05, 3.63) is 46.1 Å². The van der Waals surface area contributed by atoms with E-state index >= 15 is 0 Å². The molecule has 8 N–H and O–H groups in total. The van der Waals surface area contributed by atoms with E-state index < -0.39 is 46.3 Å². The molecule has 35 heavy (non-hydrogen) atoms. The molecule has 0 saturated heterocycles. The van der Waals surface area contributed by atoms with Crippen LogP contribution in [0.5, 0.6) is 0 Å². The molecule has 4 amide bonds. The van der Waals surface area contributed by atoms with Crippen LogP contribution in [0.2, 0.25) is 0 Å². The highest BCUT2D eigenvalue weighted by atomic mass is 32.2. The van der Waals surface area contributed by atoms with Crippen LogP contribution in [0.15, 0.2) is 34.7 Å². The fourth-order valence-electron chi connectivity index (χ4n) is 4.16. The second-order valence-corrected chi connectivity index (χ2v) is 10.1. The van der Waals surface area contributed by atoms with Gasteiger partial charge in [-0.05, 0) is 49.0 Å². The van der Waals surface area contributed by atoms with Crippen LogP contribution in [0.4, 0.5) is 4.39 Å². The molecule has 11 heteroatoms. The van der Waals surface area contributed by atoms with Crippen molar-refractivity contribution in [2.45, 2.75) is 57.9 Å². The van der Waals surface area contributed by atoms with E-state index in [1.54, 1.807) is 6.92 Å². The van der Waals surface area contributed by atoms with Crippen molar-refractivity contribution in [1.82, 2.24) is 10.6 Å². The van der Waals surface area contributed by atoms with Crippen LogP contribution in [0.25, 0.3) is 0 Å². The van der Waals surface area contributed by atoms with E-state index in [9.17, 15) is 23.6 Å². The Kier molecular flexibility index (Phi) is 9.45. The molecule has 9 nitrogen and oxygen atoms in total. The average molecular weight is 508 g/mol. The predicted molar refractivity (Wildman–Crippen MR) is 133 cm³/mol. The third-order valence-corrected chi connectivity index (χ3v) is 7.97. The largest absolute Gasteiger partial charge is 0.369 e. The summed E-state index contributed by atoms with van der Waals surface area (Å²) >= 11 is 0.961. The molecule has 2 rings (SSSR count). The number of primary amides is 2. The topological polar surface area (TPSA) is 170 Å². The van der Waals surface area contributed by atoms with Gasteiger partial charge in [0.2, 0.25) is 17.7 Å². The predicted octanol–water partition coefficient (Wildman–Crippen LogP) is 1.23. The lowest BCUT2D eigenvalue weighted by molar-refractivity contribution is -0.129. The Labute approximate surface area is 208 Å². The SMILES string of the molecule is CCC(C(=O)NC1SC(C(N)=O)=C(C)C1(CCNC(=O)[C@@H](N)C(C)C)C(N)=O)c1ccc(F)cc1. The van der Waals surface area contributed by atoms with Crippen LogP contribution in [-0.2, 0) is 19.2 Å². The van der Waals surface area contributed by atoms with Crippen LogP contribution in [0.1, 0.15) is 52.0 Å². The van der Waals surface area contributed by atoms with Crippen molar-refractivity contribution in [3.8, 4) is 0 Å². The Morgan fingerprint density at radius 1 is 1.11 bits per heavy atom. The normalized spacial score (nSPS) is 21.5. The van der Waals surface area contributed by atoms with Gasteiger partial charge in [-0.25, -0.2) is 4.39 Å². The number of hydrogen-bond donors (Lipinski definition) is 5. The van der Waals surface area contributed by atoms with Gasteiger partial charge in [0.25, 0.3) is 5.91 Å². The number of hydrogen-bond acceptors (Lipinski definition) is 6. The van der Waals surface area contributed by atoms with Gasteiger partial charge in [0.05, 0.1) is 22.2 Å². The molecule has 1 aliphatic heterocycles. The summed E-state index contributed by atoms with van der Waals surface area (Å²) < 4.78 is 13.4. The Balaban J connectivity index is 2.34.